The standard InChI is InChI=1S/C13H22N2O/c1-4-15(9-8-14)11(2)12-6-5-7-13(10-12)16-3/h5-7,10-11H,4,8-9,14H2,1-3H3/t11-/m1/s1. The second-order valence-corrected chi connectivity index (χ2v) is 3.87. The van der Waals surface area contributed by atoms with Gasteiger partial charge in [-0.25, -0.2) is 0 Å². The van der Waals surface area contributed by atoms with E-state index in [4.69, 9.17) is 10.5 Å². The van der Waals surface area contributed by atoms with Crippen LogP contribution in [0.4, 0.5) is 0 Å². The fourth-order valence-corrected chi connectivity index (χ4v) is 1.90. The molecule has 3 nitrogen and oxygen atoms in total. The van der Waals surface area contributed by atoms with Crippen LogP contribution in [0.5, 0.6) is 5.75 Å². The molecule has 0 amide bonds. The minimum absolute atomic E-state index is 0.378. The van der Waals surface area contributed by atoms with Crippen LogP contribution in [-0.4, -0.2) is 31.6 Å². The summed E-state index contributed by atoms with van der Waals surface area (Å²) in [7, 11) is 1.70. The number of hydrogen-bond donors (Lipinski definition) is 1. The number of nitrogens with zero attached hydrogens (tertiary/aromatic N) is 1. The molecule has 3 heteroatoms. The van der Waals surface area contributed by atoms with Gasteiger partial charge in [0.25, 0.3) is 0 Å². The maximum Gasteiger partial charge on any atom is 0.119 e. The van der Waals surface area contributed by atoms with Gasteiger partial charge < -0.3 is 10.5 Å². The van der Waals surface area contributed by atoms with Crippen molar-refractivity contribution in [2.75, 3.05) is 26.7 Å². The zero-order chi connectivity index (χ0) is 12.0. The van der Waals surface area contributed by atoms with Crippen LogP contribution in [-0.2, 0) is 0 Å². The average molecular weight is 222 g/mol. The molecule has 0 unspecified atom stereocenters. The third kappa shape index (κ3) is 3.22. The third-order valence-electron chi connectivity index (χ3n) is 2.95. The molecule has 2 N–H and O–H groups in total. The van der Waals surface area contributed by atoms with Crippen LogP contribution in [0.25, 0.3) is 0 Å². The van der Waals surface area contributed by atoms with Crippen molar-refractivity contribution >= 4 is 0 Å². The molecule has 0 radical (unpaired) electrons. The first-order valence-corrected chi connectivity index (χ1v) is 5.81. The molecule has 0 spiro atoms. The number of rotatable bonds is 6. The normalized spacial score (nSPS) is 12.8. The van der Waals surface area contributed by atoms with E-state index in [0.717, 1.165) is 18.8 Å². The van der Waals surface area contributed by atoms with Crippen LogP contribution in [0.15, 0.2) is 24.3 Å². The van der Waals surface area contributed by atoms with Gasteiger partial charge in [0.05, 0.1) is 7.11 Å². The molecule has 0 saturated carbocycles. The quantitative estimate of drug-likeness (QED) is 0.800. The van der Waals surface area contributed by atoms with Crippen LogP contribution in [0, 0.1) is 0 Å². The van der Waals surface area contributed by atoms with E-state index in [9.17, 15) is 0 Å². The summed E-state index contributed by atoms with van der Waals surface area (Å²) in [5, 5.41) is 0. The van der Waals surface area contributed by atoms with E-state index in [0.29, 0.717) is 12.6 Å². The smallest absolute Gasteiger partial charge is 0.119 e. The Balaban J connectivity index is 2.80. The van der Waals surface area contributed by atoms with Crippen LogP contribution in [0.3, 0.4) is 0 Å². The molecule has 0 fully saturated rings. The highest BCUT2D eigenvalue weighted by atomic mass is 16.5. The first-order valence-electron chi connectivity index (χ1n) is 5.81. The predicted octanol–water partition coefficient (Wildman–Crippen LogP) is 2.04. The van der Waals surface area contributed by atoms with Gasteiger partial charge in [0.15, 0.2) is 0 Å². The topological polar surface area (TPSA) is 38.5 Å². The molecule has 0 aliphatic heterocycles. The zero-order valence-corrected chi connectivity index (χ0v) is 10.4. The van der Waals surface area contributed by atoms with E-state index < -0.39 is 0 Å². The van der Waals surface area contributed by atoms with E-state index in [1.165, 1.54) is 5.56 Å². The van der Waals surface area contributed by atoms with Crippen LogP contribution in [0.1, 0.15) is 25.5 Å². The number of ether oxygens (including phenoxy) is 1. The summed E-state index contributed by atoms with van der Waals surface area (Å²) in [6, 6.07) is 8.59. The number of methoxy groups -OCH3 is 1. The van der Waals surface area contributed by atoms with Crippen molar-refractivity contribution < 1.29 is 4.74 Å². The number of benzene rings is 1. The fourth-order valence-electron chi connectivity index (χ4n) is 1.90. The molecule has 0 saturated heterocycles. The first kappa shape index (κ1) is 13.0. The molecule has 1 aromatic carbocycles. The molecule has 16 heavy (non-hydrogen) atoms. The molecule has 1 rings (SSSR count). The molecule has 0 aromatic heterocycles. The van der Waals surface area contributed by atoms with E-state index in [1.54, 1.807) is 7.11 Å². The van der Waals surface area contributed by atoms with Crippen molar-refractivity contribution in [3.05, 3.63) is 29.8 Å². The Hall–Kier alpha value is -1.06. The Labute approximate surface area is 98.2 Å². The van der Waals surface area contributed by atoms with Crippen molar-refractivity contribution in [3.63, 3.8) is 0 Å². The monoisotopic (exact) mass is 222 g/mol. The second-order valence-electron chi connectivity index (χ2n) is 3.87. The van der Waals surface area contributed by atoms with Crippen molar-refractivity contribution in [1.82, 2.24) is 4.90 Å². The molecular weight excluding hydrogens is 200 g/mol. The molecule has 0 heterocycles. The van der Waals surface area contributed by atoms with Gasteiger partial charge in [-0.1, -0.05) is 19.1 Å². The highest BCUT2D eigenvalue weighted by Gasteiger charge is 2.13. The van der Waals surface area contributed by atoms with Crippen LogP contribution < -0.4 is 10.5 Å². The minimum Gasteiger partial charge on any atom is -0.497 e. The number of nitrogens with two attached hydrogens (primary N) is 1. The maximum absolute atomic E-state index is 5.61. The van der Waals surface area contributed by atoms with Crippen LogP contribution >= 0.6 is 0 Å². The lowest BCUT2D eigenvalue weighted by Crippen LogP contribution is -2.31. The molecular formula is C13H22N2O. The fraction of sp³-hybridized carbons (Fsp3) is 0.538. The van der Waals surface area contributed by atoms with Gasteiger partial charge in [0, 0.05) is 19.1 Å². The summed E-state index contributed by atoms with van der Waals surface area (Å²) in [5.41, 5.74) is 6.88. The predicted molar refractivity (Wildman–Crippen MR) is 67.7 cm³/mol. The minimum atomic E-state index is 0.378. The van der Waals surface area contributed by atoms with Crippen molar-refractivity contribution in [2.24, 2.45) is 5.73 Å². The highest BCUT2D eigenvalue weighted by molar-refractivity contribution is 5.30. The summed E-state index contributed by atoms with van der Waals surface area (Å²) in [6.07, 6.45) is 0. The van der Waals surface area contributed by atoms with Gasteiger partial charge in [-0.2, -0.15) is 0 Å². The molecule has 0 bridgehead atoms. The van der Waals surface area contributed by atoms with E-state index in [2.05, 4.69) is 30.9 Å². The molecule has 1 aromatic rings. The Morgan fingerprint density at radius 2 is 2.19 bits per heavy atom. The summed E-state index contributed by atoms with van der Waals surface area (Å²) in [4.78, 5) is 2.36. The number of likely N-dealkylation sites (N-methyl/N-ethyl adjacent to an activating group) is 1. The zero-order valence-electron chi connectivity index (χ0n) is 10.4. The summed E-state index contributed by atoms with van der Waals surface area (Å²) < 4.78 is 5.24. The lowest BCUT2D eigenvalue weighted by molar-refractivity contribution is 0.228. The average Bonchev–Trinajstić information content (AvgIpc) is 2.35. The lowest BCUT2D eigenvalue weighted by Gasteiger charge is -2.27. The maximum atomic E-state index is 5.61. The summed E-state index contributed by atoms with van der Waals surface area (Å²) >= 11 is 0. The highest BCUT2D eigenvalue weighted by Crippen LogP contribution is 2.23. The van der Waals surface area contributed by atoms with Gasteiger partial charge >= 0.3 is 0 Å². The first-order chi connectivity index (χ1) is 7.72. The number of hydrogen-bond acceptors (Lipinski definition) is 3. The molecule has 0 aliphatic rings. The second kappa shape index (κ2) is 6.51. The van der Waals surface area contributed by atoms with Gasteiger partial charge in [0.2, 0.25) is 0 Å². The Morgan fingerprint density at radius 3 is 2.75 bits per heavy atom. The molecule has 90 valence electrons. The summed E-state index contributed by atoms with van der Waals surface area (Å²) in [6.45, 7) is 6.99. The van der Waals surface area contributed by atoms with Gasteiger partial charge in [0.1, 0.15) is 5.75 Å². The van der Waals surface area contributed by atoms with Crippen LogP contribution in [0.2, 0.25) is 0 Å². The molecule has 0 aliphatic carbocycles. The Kier molecular flexibility index (Phi) is 5.29. The van der Waals surface area contributed by atoms with Gasteiger partial charge in [-0.05, 0) is 31.2 Å². The Morgan fingerprint density at radius 1 is 1.44 bits per heavy atom. The van der Waals surface area contributed by atoms with E-state index >= 15 is 0 Å². The van der Waals surface area contributed by atoms with E-state index in [1.807, 2.05) is 12.1 Å². The molecule has 1 atom stereocenters. The summed E-state index contributed by atoms with van der Waals surface area (Å²) in [5.74, 6) is 0.910. The van der Waals surface area contributed by atoms with Gasteiger partial charge in [-0.3, -0.25) is 4.90 Å². The SMILES string of the molecule is CCN(CCN)[C@H](C)c1cccc(OC)c1. The Bertz CT molecular complexity index is 315. The third-order valence-corrected chi connectivity index (χ3v) is 2.95. The van der Waals surface area contributed by atoms with Crippen molar-refractivity contribution in [2.45, 2.75) is 19.9 Å². The van der Waals surface area contributed by atoms with Crippen molar-refractivity contribution in [1.29, 1.82) is 0 Å². The van der Waals surface area contributed by atoms with Crippen molar-refractivity contribution in [3.8, 4) is 5.75 Å². The van der Waals surface area contributed by atoms with Gasteiger partial charge in [-0.15, -0.1) is 0 Å². The largest absolute Gasteiger partial charge is 0.497 e. The van der Waals surface area contributed by atoms with E-state index in [-0.39, 0.29) is 0 Å². The lowest BCUT2D eigenvalue weighted by atomic mass is 10.1.